The summed E-state index contributed by atoms with van der Waals surface area (Å²) in [5.74, 6) is 0.816. The van der Waals surface area contributed by atoms with Crippen LogP contribution in [0.1, 0.15) is 13.3 Å². The second kappa shape index (κ2) is 5.79. The third-order valence-corrected chi connectivity index (χ3v) is 3.62. The van der Waals surface area contributed by atoms with Crippen LogP contribution in [0.5, 0.6) is 0 Å². The molecule has 3 aromatic rings. The van der Waals surface area contributed by atoms with Gasteiger partial charge in [-0.05, 0) is 24.6 Å². The van der Waals surface area contributed by atoms with E-state index < -0.39 is 0 Å². The number of hydrogen-bond acceptors (Lipinski definition) is 4. The van der Waals surface area contributed by atoms with Crippen molar-refractivity contribution in [1.29, 1.82) is 0 Å². The lowest BCUT2D eigenvalue weighted by Crippen LogP contribution is -2.25. The minimum Gasteiger partial charge on any atom is -0.326 e. The van der Waals surface area contributed by atoms with E-state index in [4.69, 9.17) is 17.3 Å². The number of hydrogen-bond donors (Lipinski definition) is 1. The number of imidazole rings is 1. The second-order valence-electron chi connectivity index (χ2n) is 4.95. The zero-order valence-corrected chi connectivity index (χ0v) is 12.5. The molecule has 2 N–H and O–H groups in total. The van der Waals surface area contributed by atoms with Crippen molar-refractivity contribution in [1.82, 2.24) is 19.5 Å². The van der Waals surface area contributed by atoms with Gasteiger partial charge in [0.05, 0.1) is 5.02 Å². The molecule has 0 amide bonds. The standard InChI is InChI=1S/C15H16ClN5/c1-2-12(17)9-21-14(10-4-3-5-18-7-10)20-13-6-11(16)8-19-15(13)21/h3-8,12H,2,9,17H2,1H3. The van der Waals surface area contributed by atoms with Crippen LogP contribution in [0.2, 0.25) is 5.02 Å². The van der Waals surface area contributed by atoms with E-state index in [1.807, 2.05) is 22.8 Å². The molecule has 0 aliphatic heterocycles. The maximum Gasteiger partial charge on any atom is 0.160 e. The summed E-state index contributed by atoms with van der Waals surface area (Å²) in [5.41, 5.74) is 8.62. The van der Waals surface area contributed by atoms with Crippen LogP contribution in [0.25, 0.3) is 22.6 Å². The van der Waals surface area contributed by atoms with Crippen LogP contribution >= 0.6 is 11.6 Å². The van der Waals surface area contributed by atoms with Crippen molar-refractivity contribution in [2.75, 3.05) is 0 Å². The SMILES string of the molecule is CCC(N)Cn1c(-c2cccnc2)nc2cc(Cl)cnc21. The zero-order valence-electron chi connectivity index (χ0n) is 11.7. The normalized spacial score (nSPS) is 12.7. The second-order valence-corrected chi connectivity index (χ2v) is 5.39. The van der Waals surface area contributed by atoms with Crippen molar-refractivity contribution in [3.05, 3.63) is 41.8 Å². The zero-order chi connectivity index (χ0) is 14.8. The molecular weight excluding hydrogens is 286 g/mol. The Morgan fingerprint density at radius 1 is 1.38 bits per heavy atom. The molecule has 0 aromatic carbocycles. The molecule has 3 rings (SSSR count). The van der Waals surface area contributed by atoms with Gasteiger partial charge in [0.2, 0.25) is 0 Å². The molecule has 1 unspecified atom stereocenters. The van der Waals surface area contributed by atoms with Crippen molar-refractivity contribution in [2.45, 2.75) is 25.9 Å². The van der Waals surface area contributed by atoms with Gasteiger partial charge < -0.3 is 10.3 Å². The van der Waals surface area contributed by atoms with E-state index in [0.29, 0.717) is 11.6 Å². The van der Waals surface area contributed by atoms with Gasteiger partial charge in [-0.3, -0.25) is 4.98 Å². The topological polar surface area (TPSA) is 69.6 Å². The lowest BCUT2D eigenvalue weighted by atomic mass is 10.2. The van der Waals surface area contributed by atoms with Crippen LogP contribution in [-0.2, 0) is 6.54 Å². The summed E-state index contributed by atoms with van der Waals surface area (Å²) in [7, 11) is 0. The van der Waals surface area contributed by atoms with E-state index >= 15 is 0 Å². The van der Waals surface area contributed by atoms with Crippen LogP contribution < -0.4 is 5.73 Å². The molecule has 3 heterocycles. The van der Waals surface area contributed by atoms with Gasteiger partial charge in [0.15, 0.2) is 5.65 Å². The largest absolute Gasteiger partial charge is 0.326 e. The molecule has 0 saturated heterocycles. The highest BCUT2D eigenvalue weighted by Gasteiger charge is 2.15. The first-order chi connectivity index (χ1) is 10.2. The predicted octanol–water partition coefficient (Wildman–Crippen LogP) is 2.88. The molecule has 0 bridgehead atoms. The number of aromatic nitrogens is 4. The van der Waals surface area contributed by atoms with E-state index in [1.165, 1.54) is 0 Å². The van der Waals surface area contributed by atoms with Crippen molar-refractivity contribution in [3.63, 3.8) is 0 Å². The molecule has 1 atom stereocenters. The fourth-order valence-electron chi connectivity index (χ4n) is 2.24. The summed E-state index contributed by atoms with van der Waals surface area (Å²) >= 11 is 6.01. The molecular formula is C15H16ClN5. The number of fused-ring (bicyclic) bond motifs is 1. The monoisotopic (exact) mass is 301 g/mol. The lowest BCUT2D eigenvalue weighted by Gasteiger charge is -2.13. The minimum absolute atomic E-state index is 0.0512. The van der Waals surface area contributed by atoms with Gasteiger partial charge in [0, 0.05) is 36.7 Å². The molecule has 0 aliphatic rings. The summed E-state index contributed by atoms with van der Waals surface area (Å²) in [4.78, 5) is 13.2. The van der Waals surface area contributed by atoms with Gasteiger partial charge in [-0.2, -0.15) is 0 Å². The molecule has 0 saturated carbocycles. The molecule has 5 nitrogen and oxygen atoms in total. The van der Waals surface area contributed by atoms with E-state index in [0.717, 1.165) is 29.0 Å². The van der Waals surface area contributed by atoms with E-state index in [9.17, 15) is 0 Å². The highest BCUT2D eigenvalue weighted by atomic mass is 35.5. The number of nitrogens with zero attached hydrogens (tertiary/aromatic N) is 4. The third kappa shape index (κ3) is 2.75. The third-order valence-electron chi connectivity index (χ3n) is 3.41. The molecule has 0 aliphatic carbocycles. The highest BCUT2D eigenvalue weighted by molar-refractivity contribution is 6.31. The van der Waals surface area contributed by atoms with Crippen molar-refractivity contribution in [3.8, 4) is 11.4 Å². The number of halogens is 1. The maximum atomic E-state index is 6.11. The van der Waals surface area contributed by atoms with Crippen molar-refractivity contribution < 1.29 is 0 Å². The molecule has 6 heteroatoms. The first-order valence-electron chi connectivity index (χ1n) is 6.86. The quantitative estimate of drug-likeness (QED) is 0.804. The maximum absolute atomic E-state index is 6.11. The average molecular weight is 302 g/mol. The van der Waals surface area contributed by atoms with Gasteiger partial charge in [0.1, 0.15) is 11.3 Å². The van der Waals surface area contributed by atoms with E-state index in [1.54, 1.807) is 18.6 Å². The number of pyridine rings is 2. The predicted molar refractivity (Wildman–Crippen MR) is 84.0 cm³/mol. The molecule has 0 spiro atoms. The Morgan fingerprint density at radius 3 is 2.95 bits per heavy atom. The average Bonchev–Trinajstić information content (AvgIpc) is 2.85. The van der Waals surface area contributed by atoms with Gasteiger partial charge in [-0.15, -0.1) is 0 Å². The van der Waals surface area contributed by atoms with Crippen LogP contribution in [0.3, 0.4) is 0 Å². The van der Waals surface area contributed by atoms with Crippen LogP contribution in [0, 0.1) is 0 Å². The number of nitrogens with two attached hydrogens (primary N) is 1. The Kier molecular flexibility index (Phi) is 3.86. The molecule has 0 radical (unpaired) electrons. The Labute approximate surface area is 127 Å². The molecule has 0 fully saturated rings. The fraction of sp³-hybridized carbons (Fsp3) is 0.267. The minimum atomic E-state index is 0.0512. The molecule has 108 valence electrons. The Bertz CT molecular complexity index is 753. The molecule has 3 aromatic heterocycles. The highest BCUT2D eigenvalue weighted by Crippen LogP contribution is 2.25. The van der Waals surface area contributed by atoms with E-state index in [-0.39, 0.29) is 6.04 Å². The summed E-state index contributed by atoms with van der Waals surface area (Å²) in [6, 6.07) is 5.73. The first-order valence-corrected chi connectivity index (χ1v) is 7.24. The summed E-state index contributed by atoms with van der Waals surface area (Å²) in [6.45, 7) is 2.73. The van der Waals surface area contributed by atoms with Crippen molar-refractivity contribution in [2.24, 2.45) is 5.73 Å². The fourth-order valence-corrected chi connectivity index (χ4v) is 2.39. The Hall–Kier alpha value is -1.98. The summed E-state index contributed by atoms with van der Waals surface area (Å²) in [5, 5.41) is 0.574. The summed E-state index contributed by atoms with van der Waals surface area (Å²) < 4.78 is 2.04. The number of rotatable bonds is 4. The van der Waals surface area contributed by atoms with Gasteiger partial charge in [0.25, 0.3) is 0 Å². The molecule has 21 heavy (non-hydrogen) atoms. The van der Waals surface area contributed by atoms with Gasteiger partial charge in [-0.1, -0.05) is 18.5 Å². The van der Waals surface area contributed by atoms with Gasteiger partial charge >= 0.3 is 0 Å². The van der Waals surface area contributed by atoms with Crippen LogP contribution in [0.4, 0.5) is 0 Å². The summed E-state index contributed by atoms with van der Waals surface area (Å²) in [6.07, 6.45) is 6.05. The Balaban J connectivity index is 2.19. The smallest absolute Gasteiger partial charge is 0.160 e. The van der Waals surface area contributed by atoms with Gasteiger partial charge in [-0.25, -0.2) is 9.97 Å². The lowest BCUT2D eigenvalue weighted by molar-refractivity contribution is 0.549. The van der Waals surface area contributed by atoms with Crippen LogP contribution in [-0.4, -0.2) is 25.6 Å². The van der Waals surface area contributed by atoms with E-state index in [2.05, 4.69) is 21.9 Å². The first kappa shape index (κ1) is 14.0. The Morgan fingerprint density at radius 2 is 2.24 bits per heavy atom. The van der Waals surface area contributed by atoms with Crippen molar-refractivity contribution >= 4 is 22.8 Å². The van der Waals surface area contributed by atoms with Crippen LogP contribution in [0.15, 0.2) is 36.8 Å².